The minimum absolute atomic E-state index is 0.0549. The molecule has 8 heteroatoms. The molecule has 1 aromatic heterocycles. The van der Waals surface area contributed by atoms with Crippen LogP contribution in [0.3, 0.4) is 0 Å². The van der Waals surface area contributed by atoms with E-state index in [1.54, 1.807) is 24.3 Å². The lowest BCUT2D eigenvalue weighted by molar-refractivity contribution is -0.141. The number of hydrogen-bond donors (Lipinski definition) is 0. The van der Waals surface area contributed by atoms with Gasteiger partial charge in [0.15, 0.2) is 5.69 Å². The highest BCUT2D eigenvalue weighted by Gasteiger charge is 2.35. The van der Waals surface area contributed by atoms with Crippen molar-refractivity contribution < 1.29 is 17.9 Å². The van der Waals surface area contributed by atoms with E-state index in [0.29, 0.717) is 37.5 Å². The van der Waals surface area contributed by atoms with E-state index in [2.05, 4.69) is 39.1 Å². The lowest BCUT2D eigenvalue weighted by atomic mass is 9.96. The number of halogens is 3. The highest BCUT2D eigenvalue weighted by Crippen LogP contribution is 2.34. The summed E-state index contributed by atoms with van der Waals surface area (Å²) in [4.78, 5) is 12.7. The van der Waals surface area contributed by atoms with Crippen molar-refractivity contribution in [1.29, 1.82) is 0 Å². The van der Waals surface area contributed by atoms with Gasteiger partial charge in [0.25, 0.3) is 0 Å². The first kappa shape index (κ1) is 24.8. The SMILES string of the molecule is COc1cccc(-c2cc(C(F)(F)F)nc(N3CCN(C(c4ccccc4)c4ccccc4)CC3)n2)c1. The Labute approximate surface area is 214 Å². The number of methoxy groups -OCH3 is 1. The van der Waals surface area contributed by atoms with E-state index in [-0.39, 0.29) is 17.7 Å². The fourth-order valence-electron chi connectivity index (χ4n) is 4.72. The van der Waals surface area contributed by atoms with E-state index < -0.39 is 11.9 Å². The van der Waals surface area contributed by atoms with E-state index in [1.165, 1.54) is 18.2 Å². The number of rotatable bonds is 6. The van der Waals surface area contributed by atoms with Crippen molar-refractivity contribution >= 4 is 5.95 Å². The van der Waals surface area contributed by atoms with Crippen molar-refractivity contribution in [2.45, 2.75) is 12.2 Å². The standard InChI is InChI=1S/C29H27F3N4O/c1-37-24-14-8-13-23(19-24)25-20-26(29(30,31)32)34-28(33-25)36-17-15-35(16-18-36)27(21-9-4-2-5-10-21)22-11-6-3-7-12-22/h2-14,19-20,27H,15-18H2,1H3. The Bertz CT molecular complexity index is 1280. The molecule has 5 nitrogen and oxygen atoms in total. The molecule has 0 aliphatic carbocycles. The van der Waals surface area contributed by atoms with Crippen LogP contribution in [0.25, 0.3) is 11.3 Å². The predicted octanol–water partition coefficient (Wildman–Crippen LogP) is 6.08. The summed E-state index contributed by atoms with van der Waals surface area (Å²) in [7, 11) is 1.52. The van der Waals surface area contributed by atoms with Crippen molar-refractivity contribution in [3.8, 4) is 17.0 Å². The van der Waals surface area contributed by atoms with Gasteiger partial charge in [-0.25, -0.2) is 9.97 Å². The third-order valence-corrected chi connectivity index (χ3v) is 6.56. The second-order valence-electron chi connectivity index (χ2n) is 8.92. The predicted molar refractivity (Wildman–Crippen MR) is 138 cm³/mol. The zero-order valence-corrected chi connectivity index (χ0v) is 20.4. The Morgan fingerprint density at radius 3 is 1.95 bits per heavy atom. The van der Waals surface area contributed by atoms with Gasteiger partial charge in [-0.3, -0.25) is 4.90 Å². The Morgan fingerprint density at radius 1 is 0.757 bits per heavy atom. The van der Waals surface area contributed by atoms with Gasteiger partial charge >= 0.3 is 6.18 Å². The summed E-state index contributed by atoms with van der Waals surface area (Å²) in [6.45, 7) is 2.33. The quantitative estimate of drug-likeness (QED) is 0.318. The largest absolute Gasteiger partial charge is 0.497 e. The molecule has 1 aliphatic heterocycles. The number of hydrogen-bond acceptors (Lipinski definition) is 5. The molecule has 0 amide bonds. The molecule has 5 rings (SSSR count). The molecule has 1 aliphatic rings. The van der Waals surface area contributed by atoms with E-state index in [1.807, 2.05) is 41.3 Å². The summed E-state index contributed by atoms with van der Waals surface area (Å²) >= 11 is 0. The second-order valence-corrected chi connectivity index (χ2v) is 8.92. The maximum Gasteiger partial charge on any atom is 0.433 e. The van der Waals surface area contributed by atoms with Crippen LogP contribution in [-0.4, -0.2) is 48.2 Å². The molecule has 0 unspecified atom stereocenters. The highest BCUT2D eigenvalue weighted by molar-refractivity contribution is 5.63. The van der Waals surface area contributed by atoms with Gasteiger partial charge in [0.1, 0.15) is 5.75 Å². The van der Waals surface area contributed by atoms with Crippen LogP contribution in [-0.2, 0) is 6.18 Å². The van der Waals surface area contributed by atoms with Crippen molar-refractivity contribution in [1.82, 2.24) is 14.9 Å². The normalized spacial score (nSPS) is 14.7. The molecule has 4 aromatic rings. The van der Waals surface area contributed by atoms with Gasteiger partial charge < -0.3 is 9.64 Å². The van der Waals surface area contributed by atoms with Gasteiger partial charge in [0, 0.05) is 31.7 Å². The van der Waals surface area contributed by atoms with Crippen molar-refractivity contribution in [3.63, 3.8) is 0 Å². The number of alkyl halides is 3. The van der Waals surface area contributed by atoms with Gasteiger partial charge in [-0.2, -0.15) is 13.2 Å². The number of anilines is 1. The minimum atomic E-state index is -4.58. The first-order valence-corrected chi connectivity index (χ1v) is 12.1. The van der Waals surface area contributed by atoms with Crippen LogP contribution in [0.15, 0.2) is 91.0 Å². The van der Waals surface area contributed by atoms with Crippen molar-refractivity contribution in [2.24, 2.45) is 0 Å². The van der Waals surface area contributed by atoms with Gasteiger partial charge in [-0.1, -0.05) is 72.8 Å². The molecule has 0 bridgehead atoms. The topological polar surface area (TPSA) is 41.5 Å². The fourth-order valence-corrected chi connectivity index (χ4v) is 4.72. The molecule has 190 valence electrons. The molecule has 0 radical (unpaired) electrons. The van der Waals surface area contributed by atoms with Gasteiger partial charge in [0.2, 0.25) is 5.95 Å². The van der Waals surface area contributed by atoms with Crippen molar-refractivity contribution in [3.05, 3.63) is 108 Å². The molecular formula is C29H27F3N4O. The summed E-state index contributed by atoms with van der Waals surface area (Å²) in [6.07, 6.45) is -4.58. The van der Waals surface area contributed by atoms with Gasteiger partial charge in [-0.15, -0.1) is 0 Å². The van der Waals surface area contributed by atoms with Crippen LogP contribution in [0.5, 0.6) is 5.75 Å². The summed E-state index contributed by atoms with van der Waals surface area (Å²) in [5, 5.41) is 0. The minimum Gasteiger partial charge on any atom is -0.497 e. The number of piperazine rings is 1. The van der Waals surface area contributed by atoms with E-state index in [0.717, 1.165) is 6.07 Å². The molecular weight excluding hydrogens is 477 g/mol. The maximum absolute atomic E-state index is 13.8. The lowest BCUT2D eigenvalue weighted by Gasteiger charge is -2.40. The van der Waals surface area contributed by atoms with Crippen LogP contribution >= 0.6 is 0 Å². The van der Waals surface area contributed by atoms with Crippen LogP contribution in [0, 0.1) is 0 Å². The third-order valence-electron chi connectivity index (χ3n) is 6.56. The molecule has 0 spiro atoms. The van der Waals surface area contributed by atoms with E-state index >= 15 is 0 Å². The number of aromatic nitrogens is 2. The first-order valence-electron chi connectivity index (χ1n) is 12.1. The summed E-state index contributed by atoms with van der Waals surface area (Å²) in [6, 6.07) is 28.5. The Kier molecular flexibility index (Phi) is 7.10. The average molecular weight is 505 g/mol. The third kappa shape index (κ3) is 5.59. The summed E-state index contributed by atoms with van der Waals surface area (Å²) in [5.74, 6) is 0.635. The van der Waals surface area contributed by atoms with Gasteiger partial charge in [0.05, 0.1) is 18.8 Å². The molecule has 2 heterocycles. The van der Waals surface area contributed by atoms with Crippen LogP contribution in [0.4, 0.5) is 19.1 Å². The molecule has 0 saturated carbocycles. The first-order chi connectivity index (χ1) is 17.9. The Morgan fingerprint density at radius 2 is 1.38 bits per heavy atom. The van der Waals surface area contributed by atoms with Crippen LogP contribution in [0.2, 0.25) is 0 Å². The molecule has 3 aromatic carbocycles. The number of nitrogens with zero attached hydrogens (tertiary/aromatic N) is 4. The zero-order chi connectivity index (χ0) is 25.8. The van der Waals surface area contributed by atoms with Crippen LogP contribution in [0.1, 0.15) is 22.9 Å². The maximum atomic E-state index is 13.8. The molecule has 1 saturated heterocycles. The lowest BCUT2D eigenvalue weighted by Crippen LogP contribution is -2.48. The zero-order valence-electron chi connectivity index (χ0n) is 20.4. The number of benzene rings is 3. The molecule has 37 heavy (non-hydrogen) atoms. The smallest absolute Gasteiger partial charge is 0.433 e. The van der Waals surface area contributed by atoms with Gasteiger partial charge in [-0.05, 0) is 29.3 Å². The highest BCUT2D eigenvalue weighted by atomic mass is 19.4. The van der Waals surface area contributed by atoms with Crippen molar-refractivity contribution in [2.75, 3.05) is 38.2 Å². The fraction of sp³-hybridized carbons (Fsp3) is 0.241. The van der Waals surface area contributed by atoms with Crippen LogP contribution < -0.4 is 9.64 Å². The molecule has 0 N–H and O–H groups in total. The summed E-state index contributed by atoms with van der Waals surface area (Å²) < 4.78 is 46.6. The molecule has 0 atom stereocenters. The number of ether oxygens (including phenoxy) is 1. The van der Waals surface area contributed by atoms with E-state index in [4.69, 9.17) is 4.74 Å². The van der Waals surface area contributed by atoms with E-state index in [9.17, 15) is 13.2 Å². The Hall–Kier alpha value is -3.91. The molecule has 1 fully saturated rings. The summed E-state index contributed by atoms with van der Waals surface area (Å²) in [5.41, 5.74) is 2.16. The second kappa shape index (κ2) is 10.6. The Balaban J connectivity index is 1.43. The monoisotopic (exact) mass is 504 g/mol. The average Bonchev–Trinajstić information content (AvgIpc) is 2.94.